The number of aromatic nitrogens is 3. The number of nitrogens with one attached hydrogen (secondary N) is 1. The second-order valence-electron chi connectivity index (χ2n) is 8.87. The number of hydrogen-bond acceptors (Lipinski definition) is 7. The van der Waals surface area contributed by atoms with Gasteiger partial charge in [-0.3, -0.25) is 4.98 Å². The van der Waals surface area contributed by atoms with E-state index >= 15 is 0 Å². The zero-order chi connectivity index (χ0) is 21.2. The lowest BCUT2D eigenvalue weighted by Gasteiger charge is -2.32. The molecule has 0 unspecified atom stereocenters. The number of benzene rings is 1. The van der Waals surface area contributed by atoms with Crippen molar-refractivity contribution >= 4 is 22.5 Å². The maximum Gasteiger partial charge on any atom is 0.225 e. The van der Waals surface area contributed by atoms with Crippen molar-refractivity contribution < 1.29 is 0 Å². The summed E-state index contributed by atoms with van der Waals surface area (Å²) in [5, 5.41) is 4.92. The van der Waals surface area contributed by atoms with E-state index in [4.69, 9.17) is 0 Å². The topological polar surface area (TPSA) is 60.4 Å². The molecule has 0 saturated carbocycles. The number of rotatable bonds is 4. The van der Waals surface area contributed by atoms with E-state index in [2.05, 4.69) is 73.3 Å². The van der Waals surface area contributed by atoms with E-state index in [1.165, 1.54) is 23.9 Å². The van der Waals surface area contributed by atoms with Crippen LogP contribution in [0.4, 0.5) is 11.6 Å². The fraction of sp³-hybridized carbons (Fsp3) is 0.458. The quantitative estimate of drug-likeness (QED) is 0.700. The minimum Gasteiger partial charge on any atom is -0.382 e. The third-order valence-corrected chi connectivity index (χ3v) is 6.58. The Balaban J connectivity index is 1.34. The van der Waals surface area contributed by atoms with Gasteiger partial charge in [-0.05, 0) is 57.7 Å². The Labute approximate surface area is 184 Å². The Kier molecular flexibility index (Phi) is 5.70. The number of piperazine rings is 1. The standard InChI is InChI=1S/C24H31N7/c1-29-9-6-20(7-10-29)28-22-5-8-25-23-15-18(3-4-21(22)23)19-16-26-24(27-17-19)31-13-11-30(2)12-14-31/h3-5,8,15-17,20H,6-7,9-14H2,1-2H3,(H,25,28). The molecule has 0 aliphatic carbocycles. The van der Waals surface area contributed by atoms with Gasteiger partial charge in [-0.2, -0.15) is 0 Å². The molecule has 162 valence electrons. The van der Waals surface area contributed by atoms with Crippen LogP contribution in [-0.4, -0.2) is 84.2 Å². The molecule has 1 N–H and O–H groups in total. The van der Waals surface area contributed by atoms with Crippen molar-refractivity contribution in [2.24, 2.45) is 0 Å². The second-order valence-corrected chi connectivity index (χ2v) is 8.87. The Morgan fingerprint density at radius 3 is 2.26 bits per heavy atom. The van der Waals surface area contributed by atoms with Crippen LogP contribution in [0.3, 0.4) is 0 Å². The smallest absolute Gasteiger partial charge is 0.225 e. The highest BCUT2D eigenvalue weighted by molar-refractivity contribution is 5.93. The number of anilines is 2. The van der Waals surface area contributed by atoms with Crippen LogP contribution in [-0.2, 0) is 0 Å². The molecule has 0 bridgehead atoms. The molecule has 7 nitrogen and oxygen atoms in total. The first-order chi connectivity index (χ1) is 15.2. The van der Waals surface area contributed by atoms with Gasteiger partial charge in [0.25, 0.3) is 0 Å². The molecule has 3 aromatic rings. The molecule has 2 aliphatic rings. The second kappa shape index (κ2) is 8.77. The van der Waals surface area contributed by atoms with Crippen LogP contribution in [0, 0.1) is 0 Å². The molecule has 5 rings (SSSR count). The predicted octanol–water partition coefficient (Wildman–Crippen LogP) is 2.95. The first-order valence-corrected chi connectivity index (χ1v) is 11.3. The molecule has 0 atom stereocenters. The van der Waals surface area contributed by atoms with E-state index in [9.17, 15) is 0 Å². The number of piperidine rings is 1. The fourth-order valence-electron chi connectivity index (χ4n) is 4.47. The molecule has 0 amide bonds. The summed E-state index contributed by atoms with van der Waals surface area (Å²) in [6.45, 7) is 6.35. The van der Waals surface area contributed by atoms with Crippen molar-refractivity contribution in [2.75, 3.05) is 63.6 Å². The van der Waals surface area contributed by atoms with Crippen LogP contribution in [0.2, 0.25) is 0 Å². The lowest BCUT2D eigenvalue weighted by molar-refractivity contribution is 0.264. The van der Waals surface area contributed by atoms with Crippen molar-refractivity contribution in [1.29, 1.82) is 0 Å². The SMILES string of the molecule is CN1CCC(Nc2ccnc3cc(-c4cnc(N5CCN(C)CC5)nc4)ccc23)CC1. The Bertz CT molecular complexity index is 1020. The van der Waals surface area contributed by atoms with Crippen molar-refractivity contribution in [1.82, 2.24) is 24.8 Å². The van der Waals surface area contributed by atoms with Crippen LogP contribution in [0.15, 0.2) is 42.9 Å². The average molecular weight is 418 g/mol. The van der Waals surface area contributed by atoms with Gasteiger partial charge in [0, 0.05) is 67.4 Å². The van der Waals surface area contributed by atoms with E-state index < -0.39 is 0 Å². The van der Waals surface area contributed by atoms with Crippen LogP contribution in [0.25, 0.3) is 22.0 Å². The molecule has 2 fully saturated rings. The minimum atomic E-state index is 0.525. The summed E-state index contributed by atoms with van der Waals surface area (Å²) in [5.41, 5.74) is 4.29. The molecule has 7 heteroatoms. The van der Waals surface area contributed by atoms with E-state index in [0.717, 1.165) is 61.9 Å². The third kappa shape index (κ3) is 4.48. The van der Waals surface area contributed by atoms with Crippen molar-refractivity contribution in [2.45, 2.75) is 18.9 Å². The largest absolute Gasteiger partial charge is 0.382 e. The maximum absolute atomic E-state index is 4.64. The van der Waals surface area contributed by atoms with Gasteiger partial charge in [0.2, 0.25) is 5.95 Å². The summed E-state index contributed by atoms with van der Waals surface area (Å²) in [6.07, 6.45) is 8.12. The van der Waals surface area contributed by atoms with Crippen molar-refractivity contribution in [3.63, 3.8) is 0 Å². The molecule has 0 spiro atoms. The summed E-state index contributed by atoms with van der Waals surface area (Å²) >= 11 is 0. The maximum atomic E-state index is 4.64. The molecule has 1 aromatic carbocycles. The average Bonchev–Trinajstić information content (AvgIpc) is 2.81. The van der Waals surface area contributed by atoms with E-state index in [0.29, 0.717) is 6.04 Å². The molecule has 4 heterocycles. The highest BCUT2D eigenvalue weighted by Gasteiger charge is 2.18. The van der Waals surface area contributed by atoms with Crippen molar-refractivity contribution in [3.05, 3.63) is 42.9 Å². The number of likely N-dealkylation sites (tertiary alicyclic amines) is 1. The van der Waals surface area contributed by atoms with Gasteiger partial charge in [-0.15, -0.1) is 0 Å². The van der Waals surface area contributed by atoms with Gasteiger partial charge in [-0.25, -0.2) is 9.97 Å². The number of fused-ring (bicyclic) bond motifs is 1. The fourth-order valence-corrected chi connectivity index (χ4v) is 4.47. The summed E-state index contributed by atoms with van der Waals surface area (Å²) in [7, 11) is 4.35. The summed E-state index contributed by atoms with van der Waals surface area (Å²) in [5.74, 6) is 0.820. The normalized spacial score (nSPS) is 19.1. The molecular weight excluding hydrogens is 386 g/mol. The lowest BCUT2D eigenvalue weighted by Crippen LogP contribution is -2.45. The Morgan fingerprint density at radius 2 is 1.52 bits per heavy atom. The van der Waals surface area contributed by atoms with Crippen LogP contribution < -0.4 is 10.2 Å². The molecule has 2 aliphatic heterocycles. The highest BCUT2D eigenvalue weighted by Crippen LogP contribution is 2.28. The van der Waals surface area contributed by atoms with Gasteiger partial charge in [0.05, 0.1) is 5.52 Å². The first kappa shape index (κ1) is 20.2. The number of hydrogen-bond donors (Lipinski definition) is 1. The Hall–Kier alpha value is -2.77. The zero-order valence-electron chi connectivity index (χ0n) is 18.5. The molecule has 31 heavy (non-hydrogen) atoms. The van der Waals surface area contributed by atoms with Gasteiger partial charge < -0.3 is 20.0 Å². The number of likely N-dealkylation sites (N-methyl/N-ethyl adjacent to an activating group) is 1. The van der Waals surface area contributed by atoms with Gasteiger partial charge >= 0.3 is 0 Å². The van der Waals surface area contributed by atoms with E-state index in [1.807, 2.05) is 18.6 Å². The zero-order valence-corrected chi connectivity index (χ0v) is 18.5. The van der Waals surface area contributed by atoms with Gasteiger partial charge in [-0.1, -0.05) is 12.1 Å². The summed E-state index contributed by atoms with van der Waals surface area (Å²) in [4.78, 5) is 20.9. The van der Waals surface area contributed by atoms with Crippen LogP contribution in [0.5, 0.6) is 0 Å². The van der Waals surface area contributed by atoms with Crippen LogP contribution >= 0.6 is 0 Å². The van der Waals surface area contributed by atoms with E-state index in [-0.39, 0.29) is 0 Å². The molecular formula is C24H31N7. The Morgan fingerprint density at radius 1 is 0.806 bits per heavy atom. The lowest BCUT2D eigenvalue weighted by atomic mass is 10.0. The summed E-state index contributed by atoms with van der Waals surface area (Å²) < 4.78 is 0. The monoisotopic (exact) mass is 417 g/mol. The molecule has 2 aromatic heterocycles. The predicted molar refractivity (Wildman–Crippen MR) is 127 cm³/mol. The van der Waals surface area contributed by atoms with E-state index in [1.54, 1.807) is 0 Å². The van der Waals surface area contributed by atoms with Crippen molar-refractivity contribution in [3.8, 4) is 11.1 Å². The molecule has 2 saturated heterocycles. The number of nitrogens with zero attached hydrogens (tertiary/aromatic N) is 6. The van der Waals surface area contributed by atoms with Crippen LogP contribution in [0.1, 0.15) is 12.8 Å². The minimum absolute atomic E-state index is 0.525. The molecule has 0 radical (unpaired) electrons. The van der Waals surface area contributed by atoms with Gasteiger partial charge in [0.1, 0.15) is 0 Å². The summed E-state index contributed by atoms with van der Waals surface area (Å²) in [6, 6.07) is 9.08. The first-order valence-electron chi connectivity index (χ1n) is 11.3. The highest BCUT2D eigenvalue weighted by atomic mass is 15.3. The third-order valence-electron chi connectivity index (χ3n) is 6.58. The number of pyridine rings is 1. The van der Waals surface area contributed by atoms with Gasteiger partial charge in [0.15, 0.2) is 0 Å².